The Kier molecular flexibility index (Phi) is 8.30. The number of rotatable bonds is 9. The van der Waals surface area contributed by atoms with Crippen molar-refractivity contribution in [3.63, 3.8) is 0 Å². The second-order valence-electron chi connectivity index (χ2n) is 17.9. The number of carbonyl (C=O) groups is 4. The fourth-order valence-corrected chi connectivity index (χ4v) is 11.3. The number of hydrogen-bond donors (Lipinski definition) is 0. The molecule has 8 nitrogen and oxygen atoms in total. The molecule has 2 aliphatic rings. The summed E-state index contributed by atoms with van der Waals surface area (Å²) in [6.07, 6.45) is 2.92. The molecule has 0 fully saturated rings. The highest BCUT2D eigenvalue weighted by Gasteiger charge is 2.42. The summed E-state index contributed by atoms with van der Waals surface area (Å²) in [5.41, 5.74) is 6.80. The van der Waals surface area contributed by atoms with Crippen LogP contribution in [0, 0.1) is 27.7 Å². The molecule has 0 unspecified atom stereocenters. The highest BCUT2D eigenvalue weighted by molar-refractivity contribution is 6.43. The third-order valence-electron chi connectivity index (χ3n) is 14.2. The molecular weight excluding hydrogens is 797 g/mol. The van der Waals surface area contributed by atoms with E-state index in [4.69, 9.17) is 9.68 Å². The number of imide groups is 2. The topological polar surface area (TPSA) is 93.2 Å². The summed E-state index contributed by atoms with van der Waals surface area (Å²) in [6.45, 7) is 12.9. The van der Waals surface area contributed by atoms with Crippen LogP contribution in [0.5, 0.6) is 0 Å². The molecule has 0 aromatic heterocycles. The van der Waals surface area contributed by atoms with Gasteiger partial charge in [0.2, 0.25) is 0 Å². The van der Waals surface area contributed by atoms with Crippen LogP contribution in [0.25, 0.3) is 97.3 Å². The van der Waals surface area contributed by atoms with E-state index < -0.39 is 23.6 Å². The lowest BCUT2D eigenvalue weighted by Crippen LogP contribution is -2.41. The van der Waals surface area contributed by atoms with Crippen LogP contribution >= 0.6 is 0 Å². The van der Waals surface area contributed by atoms with E-state index in [1.54, 1.807) is 0 Å². The average molecular weight is 841 g/mol. The molecule has 0 atom stereocenters. The normalized spacial score (nSPS) is 14.3. The molecule has 8 heteroatoms. The fourth-order valence-electron chi connectivity index (χ4n) is 11.3. The first-order chi connectivity index (χ1) is 31.0. The highest BCUT2D eigenvalue weighted by Crippen LogP contribution is 2.52. The van der Waals surface area contributed by atoms with Gasteiger partial charge in [0.1, 0.15) is 0 Å². The molecule has 0 radical (unpaired) electrons. The van der Waals surface area contributed by atoms with Crippen LogP contribution in [0.3, 0.4) is 0 Å². The Morgan fingerprint density at radius 2 is 0.672 bits per heavy atom. The number of unbranched alkanes of at least 4 members (excludes halogenated alkanes) is 2. The first-order valence-corrected chi connectivity index (χ1v) is 22.4. The zero-order valence-corrected chi connectivity index (χ0v) is 36.7. The van der Waals surface area contributed by atoms with Gasteiger partial charge in [-0.2, -0.15) is 0 Å². The van der Waals surface area contributed by atoms with Crippen molar-refractivity contribution in [1.29, 1.82) is 0 Å². The van der Waals surface area contributed by atoms with Crippen molar-refractivity contribution in [2.24, 2.45) is 0 Å². The Balaban J connectivity index is 1.31. The van der Waals surface area contributed by atoms with Crippen LogP contribution in [-0.4, -0.2) is 47.0 Å². The molecule has 2 heterocycles. The Hall–Kier alpha value is -7.00. The van der Waals surface area contributed by atoms with Crippen LogP contribution in [-0.2, 0) is 9.68 Å². The van der Waals surface area contributed by atoms with Crippen LogP contribution in [0.4, 0.5) is 0 Å². The maximum atomic E-state index is 15.4. The summed E-state index contributed by atoms with van der Waals surface area (Å²) in [5.74, 6) is -2.25. The molecular formula is C56H44N2O6. The molecule has 64 heavy (non-hydrogen) atoms. The Morgan fingerprint density at radius 3 is 1.02 bits per heavy atom. The Bertz CT molecular complexity index is 3520. The SMILES string of the molecule is CCCCON1C(=O)c2ccc3c4ccc(C)c5c(C)ccc(c6cc(-c7cc8c9ccc(C)c%10c(C)ccc(c%11ccc%12c(c7C(=O)N(OCCCC)C%12=O)c%118)c%109)c(c2c36)C1=O)c54. The molecule has 2 aliphatic heterocycles. The van der Waals surface area contributed by atoms with Crippen molar-refractivity contribution in [1.82, 2.24) is 10.1 Å². The van der Waals surface area contributed by atoms with E-state index in [1.807, 2.05) is 50.2 Å². The number of nitrogens with zero attached hydrogens (tertiary/aromatic N) is 2. The standard InChI is InChI=1S/C56H44N2O6/c1-7-9-23-63-57-53(59)37-21-19-33-31-15-11-27(3)43-29(5)13-17-35(45(31)43)39-25-41(51(55(57)61)49(37)47(33)39)42-26-40-36-18-14-30(6)44-28(4)12-16-32(46(36)44)34-20-22-38-50(48(34)40)52(42)56(62)58(54(38)60)64-24-10-8-2/h11-22,25-26H,7-10,23-24H2,1-6H3. The summed E-state index contributed by atoms with van der Waals surface area (Å²) >= 11 is 0. The van der Waals surface area contributed by atoms with E-state index >= 15 is 9.59 Å². The van der Waals surface area contributed by atoms with E-state index in [2.05, 4.69) is 76.2 Å². The highest BCUT2D eigenvalue weighted by atomic mass is 16.7. The lowest BCUT2D eigenvalue weighted by molar-refractivity contribution is -0.0961. The van der Waals surface area contributed by atoms with Gasteiger partial charge in [-0.1, -0.05) is 87.4 Å². The first kappa shape index (κ1) is 38.7. The summed E-state index contributed by atoms with van der Waals surface area (Å²) < 4.78 is 0. The average Bonchev–Trinajstić information content (AvgIpc) is 3.29. The number of aryl methyl sites for hydroxylation is 4. The third kappa shape index (κ3) is 4.90. The molecule has 12 rings (SSSR count). The maximum absolute atomic E-state index is 15.4. The van der Waals surface area contributed by atoms with Gasteiger partial charge in [-0.25, -0.2) is 0 Å². The van der Waals surface area contributed by atoms with Crippen molar-refractivity contribution < 1.29 is 28.9 Å². The van der Waals surface area contributed by atoms with Crippen molar-refractivity contribution in [3.8, 4) is 11.1 Å². The van der Waals surface area contributed by atoms with Crippen molar-refractivity contribution >= 4 is 110 Å². The van der Waals surface area contributed by atoms with Gasteiger partial charge in [-0.3, -0.25) is 28.9 Å². The summed E-state index contributed by atoms with van der Waals surface area (Å²) in [4.78, 5) is 72.2. The summed E-state index contributed by atoms with van der Waals surface area (Å²) in [7, 11) is 0. The molecule has 4 amide bonds. The number of benzene rings is 10. The van der Waals surface area contributed by atoms with E-state index in [1.165, 1.54) is 0 Å². The van der Waals surface area contributed by atoms with E-state index in [0.717, 1.165) is 121 Å². The monoisotopic (exact) mass is 840 g/mol. The second-order valence-corrected chi connectivity index (χ2v) is 17.9. The zero-order valence-electron chi connectivity index (χ0n) is 36.7. The van der Waals surface area contributed by atoms with Crippen molar-refractivity contribution in [3.05, 3.63) is 129 Å². The van der Waals surface area contributed by atoms with Gasteiger partial charge in [-0.05, 0) is 174 Å². The van der Waals surface area contributed by atoms with Crippen LogP contribution in [0.1, 0.15) is 103 Å². The predicted octanol–water partition coefficient (Wildman–Crippen LogP) is 13.3. The molecule has 314 valence electrons. The first-order valence-electron chi connectivity index (χ1n) is 22.4. The van der Waals surface area contributed by atoms with Crippen molar-refractivity contribution in [2.75, 3.05) is 13.2 Å². The lowest BCUT2D eigenvalue weighted by Gasteiger charge is -2.32. The fraction of sp³-hybridized carbons (Fsp3) is 0.214. The van der Waals surface area contributed by atoms with Crippen LogP contribution < -0.4 is 0 Å². The minimum atomic E-state index is -0.597. The quantitative estimate of drug-likeness (QED) is 0.0622. The van der Waals surface area contributed by atoms with Gasteiger partial charge in [0.05, 0.1) is 35.5 Å². The van der Waals surface area contributed by atoms with Crippen molar-refractivity contribution in [2.45, 2.75) is 67.2 Å². The number of carbonyl (C=O) groups excluding carboxylic acids is 4. The Morgan fingerprint density at radius 1 is 0.359 bits per heavy atom. The maximum Gasteiger partial charge on any atom is 0.286 e. The van der Waals surface area contributed by atoms with Gasteiger partial charge >= 0.3 is 0 Å². The second kappa shape index (κ2) is 13.7. The van der Waals surface area contributed by atoms with Gasteiger partial charge < -0.3 is 0 Å². The molecule has 0 saturated heterocycles. The molecule has 10 aromatic rings. The smallest absolute Gasteiger partial charge is 0.266 e. The number of hydrogen-bond acceptors (Lipinski definition) is 6. The van der Waals surface area contributed by atoms with E-state index in [0.29, 0.717) is 45.9 Å². The third-order valence-corrected chi connectivity index (χ3v) is 14.2. The summed E-state index contributed by atoms with van der Waals surface area (Å²) in [6, 6.07) is 28.8. The molecule has 0 bridgehead atoms. The molecule has 10 aromatic carbocycles. The molecule has 0 N–H and O–H groups in total. The minimum Gasteiger partial charge on any atom is -0.266 e. The number of amides is 4. The van der Waals surface area contributed by atoms with Gasteiger partial charge in [-0.15, -0.1) is 10.1 Å². The minimum absolute atomic E-state index is 0.177. The van der Waals surface area contributed by atoms with Crippen LogP contribution in [0.15, 0.2) is 84.9 Å². The number of fused-ring (bicyclic) bond motifs is 4. The molecule has 0 spiro atoms. The lowest BCUT2D eigenvalue weighted by atomic mass is 9.77. The summed E-state index contributed by atoms with van der Waals surface area (Å²) in [5, 5.41) is 16.6. The largest absolute Gasteiger partial charge is 0.286 e. The van der Waals surface area contributed by atoms with Gasteiger partial charge in [0, 0.05) is 10.8 Å². The zero-order chi connectivity index (χ0) is 44.0. The predicted molar refractivity (Wildman–Crippen MR) is 256 cm³/mol. The Labute approximate surface area is 368 Å². The molecule has 0 saturated carbocycles. The van der Waals surface area contributed by atoms with Crippen LogP contribution in [0.2, 0.25) is 0 Å². The number of hydroxylamine groups is 4. The van der Waals surface area contributed by atoms with Gasteiger partial charge in [0.15, 0.2) is 0 Å². The van der Waals surface area contributed by atoms with E-state index in [-0.39, 0.29) is 24.3 Å². The van der Waals surface area contributed by atoms with E-state index in [9.17, 15) is 9.59 Å². The van der Waals surface area contributed by atoms with Gasteiger partial charge in [0.25, 0.3) is 23.6 Å². The molecule has 0 aliphatic carbocycles.